The average molecular weight is 344 g/mol. The Morgan fingerprint density at radius 1 is 1.36 bits per heavy atom. The first kappa shape index (κ1) is 17.5. The third kappa shape index (κ3) is 4.20. The maximum atomic E-state index is 12.4. The summed E-state index contributed by atoms with van der Waals surface area (Å²) in [6.45, 7) is 1.22. The summed E-state index contributed by atoms with van der Waals surface area (Å²) in [5, 5.41) is 15.1. The van der Waals surface area contributed by atoms with Crippen molar-refractivity contribution in [2.24, 2.45) is 0 Å². The summed E-state index contributed by atoms with van der Waals surface area (Å²) in [5.74, 6) is 0.444. The predicted octanol–water partition coefficient (Wildman–Crippen LogP) is 1.31. The number of amides is 2. The van der Waals surface area contributed by atoms with Crippen molar-refractivity contribution in [3.8, 4) is 6.07 Å². The number of carbonyl (C=O) groups excluding carboxylic acids is 2. The quantitative estimate of drug-likeness (QED) is 0.811. The molecular weight excluding hydrogens is 320 g/mol. The minimum absolute atomic E-state index is 0.0856. The van der Waals surface area contributed by atoms with Crippen molar-refractivity contribution in [3.63, 3.8) is 0 Å². The molecule has 1 aliphatic carbocycles. The van der Waals surface area contributed by atoms with Crippen LogP contribution in [0.25, 0.3) is 0 Å². The predicted molar refractivity (Wildman–Crippen MR) is 90.1 cm³/mol. The first-order valence-corrected chi connectivity index (χ1v) is 8.88. The summed E-state index contributed by atoms with van der Waals surface area (Å²) in [7, 11) is 0. The maximum Gasteiger partial charge on any atom is 0.237 e. The van der Waals surface area contributed by atoms with E-state index in [-0.39, 0.29) is 24.4 Å². The number of hydrogen-bond donors (Lipinski definition) is 2. The molecule has 2 aliphatic rings. The van der Waals surface area contributed by atoms with Crippen LogP contribution in [-0.4, -0.2) is 41.4 Å². The highest BCUT2D eigenvalue weighted by Gasteiger charge is 2.37. The molecule has 1 saturated heterocycles. The zero-order valence-electron chi connectivity index (χ0n) is 14.3. The van der Waals surface area contributed by atoms with Crippen molar-refractivity contribution < 1.29 is 14.0 Å². The summed E-state index contributed by atoms with van der Waals surface area (Å²) >= 11 is 0. The Morgan fingerprint density at radius 2 is 2.16 bits per heavy atom. The minimum Gasteiger partial charge on any atom is -0.467 e. The van der Waals surface area contributed by atoms with Gasteiger partial charge in [-0.3, -0.25) is 14.5 Å². The van der Waals surface area contributed by atoms with E-state index in [4.69, 9.17) is 4.42 Å². The van der Waals surface area contributed by atoms with E-state index in [1.54, 1.807) is 12.3 Å². The third-order valence-corrected chi connectivity index (χ3v) is 5.08. The molecule has 0 aromatic carbocycles. The van der Waals surface area contributed by atoms with Gasteiger partial charge in [0.2, 0.25) is 11.8 Å². The fourth-order valence-electron chi connectivity index (χ4n) is 3.75. The van der Waals surface area contributed by atoms with Crippen molar-refractivity contribution in [2.45, 2.75) is 56.7 Å². The van der Waals surface area contributed by atoms with Crippen LogP contribution < -0.4 is 10.6 Å². The molecule has 2 amide bonds. The molecule has 7 heteroatoms. The van der Waals surface area contributed by atoms with Crippen LogP contribution in [0.1, 0.15) is 44.3 Å². The third-order valence-electron chi connectivity index (χ3n) is 5.08. The van der Waals surface area contributed by atoms with Gasteiger partial charge in [0.1, 0.15) is 11.3 Å². The zero-order chi connectivity index (χ0) is 17.7. The number of hydrogen-bond acceptors (Lipinski definition) is 5. The molecular formula is C18H24N4O3. The van der Waals surface area contributed by atoms with Crippen LogP contribution in [0.15, 0.2) is 22.8 Å². The van der Waals surface area contributed by atoms with Gasteiger partial charge < -0.3 is 15.1 Å². The Labute approximate surface area is 147 Å². The molecule has 1 aromatic rings. The highest BCUT2D eigenvalue weighted by Crippen LogP contribution is 2.29. The first-order valence-electron chi connectivity index (χ1n) is 8.88. The summed E-state index contributed by atoms with van der Waals surface area (Å²) in [4.78, 5) is 26.7. The Kier molecular flexibility index (Phi) is 5.39. The molecule has 2 N–H and O–H groups in total. The summed E-state index contributed by atoms with van der Waals surface area (Å²) in [6.07, 6.45) is 6.55. The Hall–Kier alpha value is -2.33. The molecule has 1 unspecified atom stereocenters. The van der Waals surface area contributed by atoms with Crippen LogP contribution in [-0.2, 0) is 16.1 Å². The topological polar surface area (TPSA) is 98.4 Å². The molecule has 134 valence electrons. The van der Waals surface area contributed by atoms with E-state index in [9.17, 15) is 14.9 Å². The lowest BCUT2D eigenvalue weighted by molar-refractivity contribution is -0.128. The van der Waals surface area contributed by atoms with Crippen LogP contribution in [0.2, 0.25) is 0 Å². The normalized spacial score (nSPS) is 22.4. The Balaban J connectivity index is 1.51. The van der Waals surface area contributed by atoms with Gasteiger partial charge in [0.05, 0.1) is 31.5 Å². The molecule has 25 heavy (non-hydrogen) atoms. The van der Waals surface area contributed by atoms with E-state index >= 15 is 0 Å². The summed E-state index contributed by atoms with van der Waals surface area (Å²) < 4.78 is 5.21. The largest absolute Gasteiger partial charge is 0.467 e. The van der Waals surface area contributed by atoms with Crippen LogP contribution in [0.3, 0.4) is 0 Å². The van der Waals surface area contributed by atoms with E-state index in [1.807, 2.05) is 11.0 Å². The monoisotopic (exact) mass is 344 g/mol. The number of carbonyl (C=O) groups is 2. The van der Waals surface area contributed by atoms with Crippen LogP contribution in [0.5, 0.6) is 0 Å². The van der Waals surface area contributed by atoms with Crippen LogP contribution in [0.4, 0.5) is 0 Å². The number of furan rings is 1. The Morgan fingerprint density at radius 3 is 2.84 bits per heavy atom. The van der Waals surface area contributed by atoms with Gasteiger partial charge in [0.25, 0.3) is 0 Å². The number of nitrogens with one attached hydrogen (secondary N) is 2. The number of nitrogens with zero attached hydrogens (tertiary/aromatic N) is 2. The van der Waals surface area contributed by atoms with Gasteiger partial charge in [-0.2, -0.15) is 5.26 Å². The van der Waals surface area contributed by atoms with Gasteiger partial charge in [0.15, 0.2) is 0 Å². The second-order valence-electron chi connectivity index (χ2n) is 6.87. The number of rotatable bonds is 6. The second-order valence-corrected chi connectivity index (χ2v) is 6.87. The first-order chi connectivity index (χ1) is 12.1. The molecule has 0 radical (unpaired) electrons. The van der Waals surface area contributed by atoms with Gasteiger partial charge in [-0.05, 0) is 57.2 Å². The van der Waals surface area contributed by atoms with E-state index in [2.05, 4.69) is 16.7 Å². The molecule has 7 nitrogen and oxygen atoms in total. The Bertz CT molecular complexity index is 644. The lowest BCUT2D eigenvalue weighted by Crippen LogP contribution is -2.51. The van der Waals surface area contributed by atoms with Gasteiger partial charge in [-0.1, -0.05) is 0 Å². The van der Waals surface area contributed by atoms with Crippen LogP contribution in [0, 0.1) is 11.3 Å². The molecule has 0 bridgehead atoms. The molecule has 0 spiro atoms. The molecule has 3 rings (SSSR count). The van der Waals surface area contributed by atoms with E-state index in [1.165, 1.54) is 0 Å². The highest BCUT2D eigenvalue weighted by atomic mass is 16.3. The van der Waals surface area contributed by atoms with Crippen molar-refractivity contribution in [1.29, 1.82) is 5.26 Å². The zero-order valence-corrected chi connectivity index (χ0v) is 14.3. The molecule has 1 aromatic heterocycles. The number of nitriles is 1. The molecule has 1 aliphatic heterocycles. The van der Waals surface area contributed by atoms with Gasteiger partial charge >= 0.3 is 0 Å². The van der Waals surface area contributed by atoms with E-state index in [0.29, 0.717) is 31.7 Å². The van der Waals surface area contributed by atoms with Crippen molar-refractivity contribution in [2.75, 3.05) is 13.1 Å². The summed E-state index contributed by atoms with van der Waals surface area (Å²) in [5.41, 5.74) is -0.714. The van der Waals surface area contributed by atoms with E-state index in [0.717, 1.165) is 25.7 Å². The van der Waals surface area contributed by atoms with Crippen molar-refractivity contribution in [3.05, 3.63) is 24.2 Å². The van der Waals surface area contributed by atoms with Crippen LogP contribution >= 0.6 is 0 Å². The van der Waals surface area contributed by atoms with E-state index < -0.39 is 5.54 Å². The molecule has 1 atom stereocenters. The lowest BCUT2D eigenvalue weighted by atomic mass is 10.00. The van der Waals surface area contributed by atoms with Crippen molar-refractivity contribution in [1.82, 2.24) is 15.5 Å². The number of likely N-dealkylation sites (tertiary alicyclic amines) is 1. The molecule has 1 saturated carbocycles. The molecule has 2 fully saturated rings. The molecule has 2 heterocycles. The second kappa shape index (κ2) is 7.70. The van der Waals surface area contributed by atoms with Crippen molar-refractivity contribution >= 4 is 11.8 Å². The maximum absolute atomic E-state index is 12.4. The van der Waals surface area contributed by atoms with Gasteiger partial charge in [-0.15, -0.1) is 0 Å². The fraction of sp³-hybridized carbons (Fsp3) is 0.611. The fourth-order valence-corrected chi connectivity index (χ4v) is 3.75. The average Bonchev–Trinajstić information content (AvgIpc) is 3.35. The van der Waals surface area contributed by atoms with Gasteiger partial charge in [-0.25, -0.2) is 0 Å². The van der Waals surface area contributed by atoms with Gasteiger partial charge in [0, 0.05) is 0 Å². The lowest BCUT2D eigenvalue weighted by Gasteiger charge is -2.26. The highest BCUT2D eigenvalue weighted by molar-refractivity contribution is 5.84. The summed E-state index contributed by atoms with van der Waals surface area (Å²) in [6, 6.07) is 5.55. The SMILES string of the molecule is N#CC1(NC(=O)CN2CCCC2C(=O)NCc2ccco2)CCCC1. The standard InChI is InChI=1S/C18H24N4O3/c19-13-18(7-1-2-8-18)21-16(23)12-22-9-3-6-15(22)17(24)20-11-14-5-4-10-25-14/h4-5,10,15H,1-3,6-9,11-12H2,(H,20,24)(H,21,23). The smallest absolute Gasteiger partial charge is 0.237 e. The minimum atomic E-state index is -0.714.